The summed E-state index contributed by atoms with van der Waals surface area (Å²) in [7, 11) is 0. The van der Waals surface area contributed by atoms with E-state index in [1.165, 1.54) is 10.4 Å². The fourth-order valence-corrected chi connectivity index (χ4v) is 5.31. The summed E-state index contributed by atoms with van der Waals surface area (Å²) in [5, 5.41) is 17.2. The average Bonchev–Trinajstić information content (AvgIpc) is 2.87. The van der Waals surface area contributed by atoms with Gasteiger partial charge < -0.3 is 15.7 Å². The van der Waals surface area contributed by atoms with Gasteiger partial charge in [-0.1, -0.05) is 13.0 Å². The zero-order valence-corrected chi connectivity index (χ0v) is 15.6. The molecule has 4 nitrogen and oxygen atoms in total. The van der Waals surface area contributed by atoms with Crippen LogP contribution in [-0.2, 0) is 12.8 Å². The van der Waals surface area contributed by atoms with E-state index >= 15 is 0 Å². The number of rotatable bonds is 1. The number of benzene rings is 1. The zero-order chi connectivity index (χ0) is 16.1. The van der Waals surface area contributed by atoms with Crippen LogP contribution in [0.1, 0.15) is 45.9 Å². The van der Waals surface area contributed by atoms with Crippen molar-refractivity contribution in [2.24, 2.45) is 5.92 Å². The SMILES string of the molecule is C[C@@H]1CCc2c(sc3c2C(=O)N[C@H](c2ccc(O)c(I)c2)N3)C1. The third kappa shape index (κ3) is 2.61. The Morgan fingerprint density at radius 2 is 2.17 bits per heavy atom. The topological polar surface area (TPSA) is 61.4 Å². The van der Waals surface area contributed by atoms with Crippen LogP contribution in [-0.4, -0.2) is 11.0 Å². The van der Waals surface area contributed by atoms with Crippen molar-refractivity contribution in [3.05, 3.63) is 43.3 Å². The van der Waals surface area contributed by atoms with Crippen LogP contribution in [0.2, 0.25) is 0 Å². The van der Waals surface area contributed by atoms with Crippen molar-refractivity contribution in [3.8, 4) is 5.75 Å². The third-order valence-corrected chi connectivity index (χ3v) is 6.64. The highest BCUT2D eigenvalue weighted by Crippen LogP contribution is 2.42. The molecular weight excluding hydrogens is 423 g/mol. The van der Waals surface area contributed by atoms with Crippen LogP contribution in [0.3, 0.4) is 0 Å². The number of anilines is 1. The van der Waals surface area contributed by atoms with Crippen molar-refractivity contribution >= 4 is 44.8 Å². The van der Waals surface area contributed by atoms with E-state index in [0.29, 0.717) is 5.92 Å². The van der Waals surface area contributed by atoms with Gasteiger partial charge in [-0.2, -0.15) is 0 Å². The summed E-state index contributed by atoms with van der Waals surface area (Å²) in [5.74, 6) is 0.969. The highest BCUT2D eigenvalue weighted by Gasteiger charge is 2.33. The molecule has 23 heavy (non-hydrogen) atoms. The standard InChI is InChI=1S/C17H17IN2O2S/c1-8-2-4-10-13(6-8)23-17-14(10)16(22)19-15(20-17)9-3-5-12(21)11(18)7-9/h3,5,7-8,15,20-21H,2,4,6H2,1H3,(H,19,22)/t8-,15+/m1/s1. The molecule has 0 bridgehead atoms. The van der Waals surface area contributed by atoms with Gasteiger partial charge in [0.15, 0.2) is 0 Å². The van der Waals surface area contributed by atoms with Gasteiger partial charge in [0.2, 0.25) is 0 Å². The van der Waals surface area contributed by atoms with E-state index in [4.69, 9.17) is 0 Å². The number of phenolic OH excluding ortho intramolecular Hbond substituents is 1. The first-order valence-corrected chi connectivity index (χ1v) is 9.63. The molecule has 0 saturated carbocycles. The largest absolute Gasteiger partial charge is 0.507 e. The van der Waals surface area contributed by atoms with Gasteiger partial charge in [0.25, 0.3) is 5.91 Å². The predicted molar refractivity (Wildman–Crippen MR) is 100 cm³/mol. The Kier molecular flexibility index (Phi) is 3.76. The molecule has 6 heteroatoms. The molecule has 0 fully saturated rings. The molecule has 0 saturated heterocycles. The lowest BCUT2D eigenvalue weighted by molar-refractivity contribution is 0.0935. The quantitative estimate of drug-likeness (QED) is 0.587. The summed E-state index contributed by atoms with van der Waals surface area (Å²) in [6, 6.07) is 5.41. The lowest BCUT2D eigenvalue weighted by atomic mass is 9.88. The first-order valence-electron chi connectivity index (χ1n) is 7.73. The number of phenols is 1. The molecule has 0 radical (unpaired) electrons. The van der Waals surface area contributed by atoms with Crippen LogP contribution in [0.25, 0.3) is 0 Å². The number of hydrogen-bond donors (Lipinski definition) is 3. The second kappa shape index (κ2) is 5.66. The molecule has 2 aliphatic rings. The number of carbonyl (C=O) groups is 1. The molecule has 120 valence electrons. The molecule has 1 aliphatic carbocycles. The third-order valence-electron chi connectivity index (χ3n) is 4.59. The molecule has 1 aromatic heterocycles. The van der Waals surface area contributed by atoms with E-state index in [0.717, 1.165) is 39.0 Å². The summed E-state index contributed by atoms with van der Waals surface area (Å²) < 4.78 is 0.779. The van der Waals surface area contributed by atoms with E-state index in [9.17, 15) is 9.90 Å². The fraction of sp³-hybridized carbons (Fsp3) is 0.353. The summed E-state index contributed by atoms with van der Waals surface area (Å²) in [6.45, 7) is 2.27. The number of amides is 1. The summed E-state index contributed by atoms with van der Waals surface area (Å²) in [6.07, 6.45) is 2.98. The zero-order valence-electron chi connectivity index (χ0n) is 12.6. The molecule has 2 atom stereocenters. The molecule has 1 aromatic carbocycles. The molecule has 0 spiro atoms. The van der Waals surface area contributed by atoms with E-state index < -0.39 is 0 Å². The summed E-state index contributed by atoms with van der Waals surface area (Å²) in [5.41, 5.74) is 3.04. The maximum absolute atomic E-state index is 12.6. The van der Waals surface area contributed by atoms with Gasteiger partial charge in [0.1, 0.15) is 16.9 Å². The normalized spacial score (nSPS) is 22.8. The monoisotopic (exact) mass is 440 g/mol. The number of hydrogen-bond acceptors (Lipinski definition) is 4. The maximum Gasteiger partial charge on any atom is 0.256 e. The smallest absolute Gasteiger partial charge is 0.256 e. The van der Waals surface area contributed by atoms with E-state index in [1.807, 2.05) is 12.1 Å². The van der Waals surface area contributed by atoms with Crippen LogP contribution >= 0.6 is 33.9 Å². The molecule has 1 aliphatic heterocycles. The van der Waals surface area contributed by atoms with Crippen LogP contribution in [0.4, 0.5) is 5.00 Å². The minimum absolute atomic E-state index is 0.0129. The van der Waals surface area contributed by atoms with E-state index in [2.05, 4.69) is 40.1 Å². The number of fused-ring (bicyclic) bond motifs is 3. The van der Waals surface area contributed by atoms with Crippen LogP contribution in [0.5, 0.6) is 5.75 Å². The molecule has 2 heterocycles. The molecule has 2 aromatic rings. The molecular formula is C17H17IN2O2S. The minimum atomic E-state index is -0.248. The van der Waals surface area contributed by atoms with E-state index in [1.54, 1.807) is 17.4 Å². The number of thiophene rings is 1. The Morgan fingerprint density at radius 1 is 1.35 bits per heavy atom. The van der Waals surface area contributed by atoms with Crippen LogP contribution in [0, 0.1) is 9.49 Å². The fourth-order valence-electron chi connectivity index (χ4n) is 3.33. The van der Waals surface area contributed by atoms with Crippen molar-refractivity contribution in [1.29, 1.82) is 0 Å². The first kappa shape index (κ1) is 15.3. The lowest BCUT2D eigenvalue weighted by Crippen LogP contribution is -2.38. The van der Waals surface area contributed by atoms with Gasteiger partial charge in [-0.05, 0) is 71.0 Å². The lowest BCUT2D eigenvalue weighted by Gasteiger charge is -2.27. The van der Waals surface area contributed by atoms with Crippen LogP contribution < -0.4 is 10.6 Å². The number of aromatic hydroxyl groups is 1. The van der Waals surface area contributed by atoms with Gasteiger partial charge in [0.05, 0.1) is 9.13 Å². The van der Waals surface area contributed by atoms with Crippen molar-refractivity contribution in [1.82, 2.24) is 5.32 Å². The highest BCUT2D eigenvalue weighted by atomic mass is 127. The summed E-state index contributed by atoms with van der Waals surface area (Å²) >= 11 is 3.82. The Morgan fingerprint density at radius 3 is 2.96 bits per heavy atom. The summed E-state index contributed by atoms with van der Waals surface area (Å²) in [4.78, 5) is 14.0. The number of halogens is 1. The van der Waals surface area contributed by atoms with Crippen molar-refractivity contribution < 1.29 is 9.90 Å². The van der Waals surface area contributed by atoms with Crippen molar-refractivity contribution in [2.75, 3.05) is 5.32 Å². The van der Waals surface area contributed by atoms with Gasteiger partial charge in [-0.15, -0.1) is 11.3 Å². The van der Waals surface area contributed by atoms with Gasteiger partial charge in [-0.3, -0.25) is 4.79 Å². The Hall–Kier alpha value is -1.28. The second-order valence-electron chi connectivity index (χ2n) is 6.32. The Labute approximate surface area is 152 Å². The molecule has 3 N–H and O–H groups in total. The van der Waals surface area contributed by atoms with E-state index in [-0.39, 0.29) is 17.8 Å². The number of carbonyl (C=O) groups excluding carboxylic acids is 1. The molecule has 4 rings (SSSR count). The van der Waals surface area contributed by atoms with Gasteiger partial charge in [0, 0.05) is 4.88 Å². The number of nitrogens with one attached hydrogen (secondary N) is 2. The highest BCUT2D eigenvalue weighted by molar-refractivity contribution is 14.1. The minimum Gasteiger partial charge on any atom is -0.507 e. The Balaban J connectivity index is 1.70. The van der Waals surface area contributed by atoms with Gasteiger partial charge >= 0.3 is 0 Å². The molecule has 1 amide bonds. The average molecular weight is 440 g/mol. The Bertz CT molecular complexity index is 802. The molecule has 0 unspecified atom stereocenters. The van der Waals surface area contributed by atoms with Gasteiger partial charge in [-0.25, -0.2) is 0 Å². The maximum atomic E-state index is 12.6. The van der Waals surface area contributed by atoms with Crippen molar-refractivity contribution in [3.63, 3.8) is 0 Å². The second-order valence-corrected chi connectivity index (χ2v) is 8.58. The first-order chi connectivity index (χ1) is 11.0. The predicted octanol–water partition coefficient (Wildman–Crippen LogP) is 4.04. The van der Waals surface area contributed by atoms with Crippen molar-refractivity contribution in [2.45, 2.75) is 32.4 Å². The van der Waals surface area contributed by atoms with Crippen LogP contribution in [0.15, 0.2) is 18.2 Å².